The Morgan fingerprint density at radius 1 is 1.54 bits per heavy atom. The topological polar surface area (TPSA) is 35.5 Å². The monoisotopic (exact) mass is 200 g/mol. The first-order valence-electron chi connectivity index (χ1n) is 4.65. The van der Waals surface area contributed by atoms with Crippen molar-refractivity contribution in [3.63, 3.8) is 0 Å². The van der Waals surface area contributed by atoms with Gasteiger partial charge in [0.15, 0.2) is 11.5 Å². The summed E-state index contributed by atoms with van der Waals surface area (Å²) in [4.78, 5) is 10.9. The molecule has 0 spiro atoms. The molecule has 68 valence electrons. The van der Waals surface area contributed by atoms with Crippen LogP contribution in [0, 0.1) is 0 Å². The molecule has 0 saturated heterocycles. The molecule has 0 aliphatic carbocycles. The Balaban J connectivity index is 2.40. The summed E-state index contributed by atoms with van der Waals surface area (Å²) in [5, 5.41) is -0.922. The van der Waals surface area contributed by atoms with Crippen molar-refractivity contribution in [3.05, 3.63) is 24.3 Å². The SMILES string of the molecule is [2H]C1([2H])Oc2ccccc2OC1C(=O)Cl. The number of carbonyl (C=O) groups excluding carboxylic acids is 1. The normalized spacial score (nSPS) is 25.8. The number of carbonyl (C=O) groups is 1. The zero-order chi connectivity index (χ0) is 11.1. The van der Waals surface area contributed by atoms with Crippen LogP contribution in [0.25, 0.3) is 0 Å². The molecule has 1 unspecified atom stereocenters. The first-order chi connectivity index (χ1) is 7.00. The van der Waals surface area contributed by atoms with Crippen molar-refractivity contribution in [2.24, 2.45) is 0 Å². The summed E-state index contributed by atoms with van der Waals surface area (Å²) < 4.78 is 25.0. The van der Waals surface area contributed by atoms with E-state index < -0.39 is 17.9 Å². The van der Waals surface area contributed by atoms with Gasteiger partial charge in [0, 0.05) is 0 Å². The molecule has 0 radical (unpaired) electrons. The number of halogens is 1. The summed E-state index contributed by atoms with van der Waals surface area (Å²) in [5.41, 5.74) is 0. The largest absolute Gasteiger partial charge is 0.485 e. The van der Waals surface area contributed by atoms with Gasteiger partial charge in [-0.1, -0.05) is 12.1 Å². The van der Waals surface area contributed by atoms with E-state index in [1.54, 1.807) is 24.3 Å². The maximum Gasteiger partial charge on any atom is 0.265 e. The number of ether oxygens (including phenoxy) is 2. The van der Waals surface area contributed by atoms with Gasteiger partial charge in [0.25, 0.3) is 5.24 Å². The third kappa shape index (κ3) is 1.60. The van der Waals surface area contributed by atoms with E-state index in [0.29, 0.717) is 5.75 Å². The van der Waals surface area contributed by atoms with Gasteiger partial charge in [-0.05, 0) is 23.7 Å². The molecule has 1 aromatic rings. The predicted octanol–water partition coefficient (Wildman–Crippen LogP) is 1.59. The van der Waals surface area contributed by atoms with Crippen LogP contribution in [0.2, 0.25) is 0 Å². The highest BCUT2D eigenvalue weighted by atomic mass is 35.5. The Kier molecular flexibility index (Phi) is 1.57. The van der Waals surface area contributed by atoms with Crippen molar-refractivity contribution in [2.75, 3.05) is 6.56 Å². The van der Waals surface area contributed by atoms with Crippen LogP contribution in [-0.4, -0.2) is 17.9 Å². The second-order valence-corrected chi connectivity index (χ2v) is 2.84. The zero-order valence-corrected chi connectivity index (χ0v) is 7.25. The molecule has 3 nitrogen and oxygen atoms in total. The molecule has 1 aromatic carbocycles. The molecule has 13 heavy (non-hydrogen) atoms. The number of hydrogen-bond donors (Lipinski definition) is 0. The summed E-state index contributed by atoms with van der Waals surface area (Å²) in [5.74, 6) is 0.572. The molecule has 4 heteroatoms. The van der Waals surface area contributed by atoms with Gasteiger partial charge in [-0.2, -0.15) is 0 Å². The molecule has 2 rings (SSSR count). The number of fused-ring (bicyclic) bond motifs is 1. The fourth-order valence-corrected chi connectivity index (χ4v) is 1.08. The number of hydrogen-bond acceptors (Lipinski definition) is 3. The third-order valence-electron chi connectivity index (χ3n) is 1.58. The van der Waals surface area contributed by atoms with Gasteiger partial charge >= 0.3 is 0 Å². The lowest BCUT2D eigenvalue weighted by molar-refractivity contribution is -0.120. The Morgan fingerprint density at radius 3 is 2.92 bits per heavy atom. The maximum atomic E-state index is 10.9. The smallest absolute Gasteiger partial charge is 0.265 e. The summed E-state index contributed by atoms with van der Waals surface area (Å²) >= 11 is 5.22. The second-order valence-electron chi connectivity index (χ2n) is 2.47. The molecule has 1 aliphatic rings. The molecule has 0 amide bonds. The van der Waals surface area contributed by atoms with Crippen LogP contribution in [0.15, 0.2) is 24.3 Å². The van der Waals surface area contributed by atoms with Crippen molar-refractivity contribution in [3.8, 4) is 11.5 Å². The molecule has 1 atom stereocenters. The fraction of sp³-hybridized carbons (Fsp3) is 0.222. The molecule has 0 N–H and O–H groups in total. The first-order valence-corrected chi connectivity index (χ1v) is 4.02. The Hall–Kier alpha value is -1.22. The zero-order valence-electron chi connectivity index (χ0n) is 8.49. The standard InChI is InChI=1S/C9H7ClO3/c10-9(11)8-5-12-6-3-1-2-4-7(6)13-8/h1-4,8H,5H2/i5D2. The quantitative estimate of drug-likeness (QED) is 0.646. The van der Waals surface area contributed by atoms with E-state index >= 15 is 0 Å². The van der Waals surface area contributed by atoms with Crippen molar-refractivity contribution in [2.45, 2.75) is 6.10 Å². The van der Waals surface area contributed by atoms with E-state index in [9.17, 15) is 4.79 Å². The van der Waals surface area contributed by atoms with Gasteiger partial charge in [-0.3, -0.25) is 4.79 Å². The number of benzene rings is 1. The van der Waals surface area contributed by atoms with Crippen molar-refractivity contribution >= 4 is 16.8 Å². The van der Waals surface area contributed by atoms with E-state index in [4.69, 9.17) is 23.8 Å². The molecule has 1 heterocycles. The average molecular weight is 201 g/mol. The molecular formula is C9H7ClO3. The first kappa shape index (κ1) is 6.27. The van der Waals surface area contributed by atoms with Crippen molar-refractivity contribution in [1.29, 1.82) is 0 Å². The van der Waals surface area contributed by atoms with Gasteiger partial charge < -0.3 is 9.47 Å². The number of rotatable bonds is 1. The predicted molar refractivity (Wildman–Crippen MR) is 47.2 cm³/mol. The lowest BCUT2D eigenvalue weighted by atomic mass is 10.3. The third-order valence-corrected chi connectivity index (χ3v) is 1.77. The summed E-state index contributed by atoms with van der Waals surface area (Å²) in [6, 6.07) is 6.51. The maximum absolute atomic E-state index is 10.9. The molecule has 0 fully saturated rings. The van der Waals surface area contributed by atoms with Crippen LogP contribution in [0.4, 0.5) is 0 Å². The summed E-state index contributed by atoms with van der Waals surface area (Å²) in [6.45, 7) is -2.24. The molecule has 1 aliphatic heterocycles. The second kappa shape index (κ2) is 3.26. The van der Waals surface area contributed by atoms with Gasteiger partial charge in [0.1, 0.15) is 6.56 Å². The summed E-state index contributed by atoms with van der Waals surface area (Å²) in [7, 11) is 0. The molecule has 0 saturated carbocycles. The lowest BCUT2D eigenvalue weighted by Crippen LogP contribution is -2.33. The van der Waals surface area contributed by atoms with Crippen molar-refractivity contribution in [1.82, 2.24) is 0 Å². The van der Waals surface area contributed by atoms with Crippen LogP contribution in [0.3, 0.4) is 0 Å². The van der Waals surface area contributed by atoms with E-state index in [2.05, 4.69) is 0 Å². The van der Waals surface area contributed by atoms with Gasteiger partial charge in [0.2, 0.25) is 6.10 Å². The average Bonchev–Trinajstić information content (AvgIpc) is 2.14. The molecule has 0 bridgehead atoms. The highest BCUT2D eigenvalue weighted by molar-refractivity contribution is 6.64. The Bertz CT molecular complexity index is 408. The highest BCUT2D eigenvalue weighted by Gasteiger charge is 2.25. The van der Waals surface area contributed by atoms with E-state index in [-0.39, 0.29) is 5.75 Å². The van der Waals surface area contributed by atoms with Crippen molar-refractivity contribution < 1.29 is 17.0 Å². The fourth-order valence-electron chi connectivity index (χ4n) is 0.993. The Morgan fingerprint density at radius 2 is 2.23 bits per heavy atom. The van der Waals surface area contributed by atoms with Crippen LogP contribution in [-0.2, 0) is 4.79 Å². The van der Waals surface area contributed by atoms with Crippen LogP contribution < -0.4 is 9.47 Å². The van der Waals surface area contributed by atoms with E-state index in [0.717, 1.165) is 0 Å². The minimum atomic E-state index is -2.24. The van der Waals surface area contributed by atoms with E-state index in [1.807, 2.05) is 0 Å². The minimum Gasteiger partial charge on any atom is -0.485 e. The summed E-state index contributed by atoms with van der Waals surface area (Å²) in [6.07, 6.45) is -1.44. The van der Waals surface area contributed by atoms with Gasteiger partial charge in [0.05, 0.1) is 2.74 Å². The minimum absolute atomic E-state index is 0.261. The van der Waals surface area contributed by atoms with Gasteiger partial charge in [-0.15, -0.1) is 0 Å². The Labute approximate surface area is 83.0 Å². The van der Waals surface area contributed by atoms with Crippen LogP contribution in [0.1, 0.15) is 2.74 Å². The van der Waals surface area contributed by atoms with Crippen LogP contribution >= 0.6 is 11.6 Å². The lowest BCUT2D eigenvalue weighted by Gasteiger charge is -2.23. The molecule has 0 aromatic heterocycles. The van der Waals surface area contributed by atoms with Crippen LogP contribution in [0.5, 0.6) is 11.5 Å². The van der Waals surface area contributed by atoms with E-state index in [1.165, 1.54) is 0 Å². The number of para-hydroxylation sites is 2. The molecular weight excluding hydrogens is 192 g/mol. The highest BCUT2D eigenvalue weighted by Crippen LogP contribution is 2.31. The van der Waals surface area contributed by atoms with Gasteiger partial charge in [-0.25, -0.2) is 0 Å².